The lowest BCUT2D eigenvalue weighted by Crippen LogP contribution is -2.21. The standard InChI is InChI=1S/C16H25N/c1-12(2)15-6-4-14(5-7-15)11-17-10-13(3)16-8-9-16/h4-7,12-13,16-17H,8-11H2,1-3H3. The highest BCUT2D eigenvalue weighted by molar-refractivity contribution is 5.24. The lowest BCUT2D eigenvalue weighted by atomic mass is 10.0. The Morgan fingerprint density at radius 3 is 2.29 bits per heavy atom. The van der Waals surface area contributed by atoms with Crippen LogP contribution >= 0.6 is 0 Å². The molecule has 0 radical (unpaired) electrons. The van der Waals surface area contributed by atoms with Crippen molar-refractivity contribution in [3.63, 3.8) is 0 Å². The summed E-state index contributed by atoms with van der Waals surface area (Å²) >= 11 is 0. The molecular formula is C16H25N. The van der Waals surface area contributed by atoms with Crippen LogP contribution < -0.4 is 5.32 Å². The van der Waals surface area contributed by atoms with Crippen LogP contribution in [0.25, 0.3) is 0 Å². The van der Waals surface area contributed by atoms with E-state index in [-0.39, 0.29) is 0 Å². The van der Waals surface area contributed by atoms with E-state index in [0.29, 0.717) is 5.92 Å². The molecule has 0 aliphatic heterocycles. The minimum Gasteiger partial charge on any atom is -0.312 e. The molecule has 1 aliphatic rings. The zero-order chi connectivity index (χ0) is 12.3. The maximum Gasteiger partial charge on any atom is 0.0205 e. The van der Waals surface area contributed by atoms with Crippen molar-refractivity contribution in [2.75, 3.05) is 6.54 Å². The molecule has 1 aromatic rings. The van der Waals surface area contributed by atoms with Gasteiger partial charge in [0.15, 0.2) is 0 Å². The molecule has 17 heavy (non-hydrogen) atoms. The van der Waals surface area contributed by atoms with Crippen LogP contribution in [0.5, 0.6) is 0 Å². The molecule has 1 heteroatoms. The second-order valence-corrected chi connectivity index (χ2v) is 5.84. The molecule has 1 aromatic carbocycles. The van der Waals surface area contributed by atoms with Gasteiger partial charge < -0.3 is 5.32 Å². The molecule has 1 atom stereocenters. The number of hydrogen-bond donors (Lipinski definition) is 1. The predicted molar refractivity (Wildman–Crippen MR) is 74.1 cm³/mol. The molecule has 1 unspecified atom stereocenters. The van der Waals surface area contributed by atoms with Crippen molar-refractivity contribution in [3.05, 3.63) is 35.4 Å². The third kappa shape index (κ3) is 3.85. The second-order valence-electron chi connectivity index (χ2n) is 5.84. The molecule has 94 valence electrons. The van der Waals surface area contributed by atoms with Crippen LogP contribution in [0, 0.1) is 11.8 Å². The first-order valence-electron chi connectivity index (χ1n) is 6.96. The maximum atomic E-state index is 3.57. The SMILES string of the molecule is CC(C)c1ccc(CNCC(C)C2CC2)cc1. The highest BCUT2D eigenvalue weighted by Gasteiger charge is 2.27. The summed E-state index contributed by atoms with van der Waals surface area (Å²) in [7, 11) is 0. The molecule has 0 spiro atoms. The second kappa shape index (κ2) is 5.68. The number of benzene rings is 1. The highest BCUT2D eigenvalue weighted by Crippen LogP contribution is 2.36. The van der Waals surface area contributed by atoms with Gasteiger partial charge in [-0.25, -0.2) is 0 Å². The molecule has 1 fully saturated rings. The average Bonchev–Trinajstić information content (AvgIpc) is 3.13. The highest BCUT2D eigenvalue weighted by atomic mass is 14.9. The topological polar surface area (TPSA) is 12.0 Å². The molecule has 1 N–H and O–H groups in total. The smallest absolute Gasteiger partial charge is 0.0205 e. The predicted octanol–water partition coefficient (Wildman–Crippen LogP) is 3.95. The maximum absolute atomic E-state index is 3.57. The van der Waals surface area contributed by atoms with E-state index in [4.69, 9.17) is 0 Å². The molecular weight excluding hydrogens is 206 g/mol. The van der Waals surface area contributed by atoms with Crippen LogP contribution in [0.4, 0.5) is 0 Å². The summed E-state index contributed by atoms with van der Waals surface area (Å²) in [6, 6.07) is 9.02. The molecule has 1 aliphatic carbocycles. The monoisotopic (exact) mass is 231 g/mol. The molecule has 0 bridgehead atoms. The van der Waals surface area contributed by atoms with Crippen molar-refractivity contribution < 1.29 is 0 Å². The van der Waals surface area contributed by atoms with Crippen LogP contribution in [-0.4, -0.2) is 6.54 Å². The van der Waals surface area contributed by atoms with Gasteiger partial charge in [0.1, 0.15) is 0 Å². The largest absolute Gasteiger partial charge is 0.312 e. The Kier molecular flexibility index (Phi) is 4.22. The fourth-order valence-corrected chi connectivity index (χ4v) is 2.30. The van der Waals surface area contributed by atoms with Crippen molar-refractivity contribution in [1.29, 1.82) is 0 Å². The van der Waals surface area contributed by atoms with Crippen molar-refractivity contribution >= 4 is 0 Å². The van der Waals surface area contributed by atoms with Gasteiger partial charge >= 0.3 is 0 Å². The third-order valence-electron chi connectivity index (χ3n) is 3.87. The van der Waals surface area contributed by atoms with Gasteiger partial charge in [0.05, 0.1) is 0 Å². The van der Waals surface area contributed by atoms with Gasteiger partial charge in [-0.05, 0) is 48.3 Å². The number of hydrogen-bond acceptors (Lipinski definition) is 1. The van der Waals surface area contributed by atoms with Gasteiger partial charge in [-0.3, -0.25) is 0 Å². The quantitative estimate of drug-likeness (QED) is 0.782. The molecule has 1 saturated carbocycles. The minimum absolute atomic E-state index is 0.631. The van der Waals surface area contributed by atoms with Crippen LogP contribution in [0.3, 0.4) is 0 Å². The normalized spacial score (nSPS) is 17.4. The Morgan fingerprint density at radius 1 is 1.12 bits per heavy atom. The van der Waals surface area contributed by atoms with Gasteiger partial charge in [-0.15, -0.1) is 0 Å². The van der Waals surface area contributed by atoms with Crippen LogP contribution in [0.1, 0.15) is 50.7 Å². The van der Waals surface area contributed by atoms with Gasteiger partial charge in [-0.1, -0.05) is 45.0 Å². The van der Waals surface area contributed by atoms with Crippen molar-refractivity contribution in [1.82, 2.24) is 5.32 Å². The zero-order valence-corrected chi connectivity index (χ0v) is 11.4. The van der Waals surface area contributed by atoms with E-state index in [2.05, 4.69) is 50.4 Å². The Morgan fingerprint density at radius 2 is 1.76 bits per heavy atom. The average molecular weight is 231 g/mol. The first-order valence-corrected chi connectivity index (χ1v) is 6.96. The van der Waals surface area contributed by atoms with E-state index in [0.717, 1.165) is 24.9 Å². The Balaban J connectivity index is 1.74. The van der Waals surface area contributed by atoms with Gasteiger partial charge in [0, 0.05) is 6.54 Å². The molecule has 1 nitrogen and oxygen atoms in total. The number of rotatable bonds is 6. The van der Waals surface area contributed by atoms with Gasteiger partial charge in [0.2, 0.25) is 0 Å². The van der Waals surface area contributed by atoms with Gasteiger partial charge in [-0.2, -0.15) is 0 Å². The summed E-state index contributed by atoms with van der Waals surface area (Å²) in [4.78, 5) is 0. The van der Waals surface area contributed by atoms with Crippen LogP contribution in [-0.2, 0) is 6.54 Å². The third-order valence-corrected chi connectivity index (χ3v) is 3.87. The van der Waals surface area contributed by atoms with E-state index in [1.807, 2.05) is 0 Å². The summed E-state index contributed by atoms with van der Waals surface area (Å²) in [5, 5.41) is 3.57. The van der Waals surface area contributed by atoms with Crippen molar-refractivity contribution in [2.24, 2.45) is 11.8 Å². The minimum atomic E-state index is 0.631. The van der Waals surface area contributed by atoms with E-state index in [1.165, 1.54) is 24.0 Å². The summed E-state index contributed by atoms with van der Waals surface area (Å²) in [5.41, 5.74) is 2.83. The summed E-state index contributed by atoms with van der Waals surface area (Å²) in [5.74, 6) is 2.49. The molecule has 0 aromatic heterocycles. The van der Waals surface area contributed by atoms with Crippen LogP contribution in [0.15, 0.2) is 24.3 Å². The Bertz CT molecular complexity index is 335. The van der Waals surface area contributed by atoms with E-state index in [9.17, 15) is 0 Å². The molecule has 0 amide bonds. The fraction of sp³-hybridized carbons (Fsp3) is 0.625. The van der Waals surface area contributed by atoms with E-state index >= 15 is 0 Å². The first kappa shape index (κ1) is 12.6. The number of nitrogens with one attached hydrogen (secondary N) is 1. The van der Waals surface area contributed by atoms with Crippen LogP contribution in [0.2, 0.25) is 0 Å². The Labute approximate surface area is 106 Å². The summed E-state index contributed by atoms with van der Waals surface area (Å²) in [6.07, 6.45) is 2.90. The molecule has 0 heterocycles. The van der Waals surface area contributed by atoms with E-state index in [1.54, 1.807) is 0 Å². The van der Waals surface area contributed by atoms with Crippen molar-refractivity contribution in [3.8, 4) is 0 Å². The zero-order valence-electron chi connectivity index (χ0n) is 11.4. The fourth-order valence-electron chi connectivity index (χ4n) is 2.30. The van der Waals surface area contributed by atoms with E-state index < -0.39 is 0 Å². The Hall–Kier alpha value is -0.820. The summed E-state index contributed by atoms with van der Waals surface area (Å²) < 4.78 is 0. The first-order chi connectivity index (χ1) is 8.16. The lowest BCUT2D eigenvalue weighted by molar-refractivity contribution is 0.461. The van der Waals surface area contributed by atoms with Gasteiger partial charge in [0.25, 0.3) is 0 Å². The van der Waals surface area contributed by atoms with Crippen molar-refractivity contribution in [2.45, 2.75) is 46.1 Å². The molecule has 0 saturated heterocycles. The lowest BCUT2D eigenvalue weighted by Gasteiger charge is -2.12. The summed E-state index contributed by atoms with van der Waals surface area (Å²) in [6.45, 7) is 9.02. The molecule has 2 rings (SSSR count).